The first-order chi connectivity index (χ1) is 4.63. The molecule has 3 heteroatoms. The largest absolute Gasteiger partial charge is 0.313 e. The van der Waals surface area contributed by atoms with Gasteiger partial charge in [0, 0.05) is 19.2 Å². The van der Waals surface area contributed by atoms with Crippen molar-refractivity contribution < 1.29 is 9.59 Å². The highest BCUT2D eigenvalue weighted by Gasteiger charge is 2.22. The second-order valence-corrected chi connectivity index (χ2v) is 2.34. The molecule has 0 saturated carbocycles. The number of ketones is 1. The summed E-state index contributed by atoms with van der Waals surface area (Å²) in [5.41, 5.74) is 0.851. The fourth-order valence-electron chi connectivity index (χ4n) is 0.812. The minimum atomic E-state index is -0.403. The van der Waals surface area contributed by atoms with E-state index in [0.29, 0.717) is 0 Å². The molecule has 0 aliphatic carbocycles. The summed E-state index contributed by atoms with van der Waals surface area (Å²) in [6, 6.07) is 0. The van der Waals surface area contributed by atoms with Crippen LogP contribution in [0.25, 0.3) is 0 Å². The molecule has 1 amide bonds. The van der Waals surface area contributed by atoms with E-state index in [-0.39, 0.29) is 12.2 Å². The molecule has 10 heavy (non-hydrogen) atoms. The van der Waals surface area contributed by atoms with Crippen LogP contribution in [0.3, 0.4) is 0 Å². The molecule has 1 aliphatic heterocycles. The van der Waals surface area contributed by atoms with Crippen molar-refractivity contribution in [1.29, 1.82) is 0 Å². The van der Waals surface area contributed by atoms with Crippen LogP contribution in [0.2, 0.25) is 0 Å². The normalized spacial score (nSPS) is 19.4. The van der Waals surface area contributed by atoms with Gasteiger partial charge in [-0.3, -0.25) is 9.59 Å². The number of allylic oxidation sites excluding steroid dienone is 2. The van der Waals surface area contributed by atoms with Crippen LogP contribution >= 0.6 is 0 Å². The Morgan fingerprint density at radius 2 is 2.10 bits per heavy atom. The second kappa shape index (κ2) is 2.25. The number of amides is 1. The highest BCUT2D eigenvalue weighted by molar-refractivity contribution is 6.37. The molecular weight excluding hydrogens is 130 g/mol. The zero-order chi connectivity index (χ0) is 7.72. The van der Waals surface area contributed by atoms with E-state index in [9.17, 15) is 9.59 Å². The molecular formula is C7H9NO2. The van der Waals surface area contributed by atoms with Crippen molar-refractivity contribution in [1.82, 2.24) is 4.90 Å². The Morgan fingerprint density at radius 3 is 2.60 bits per heavy atom. The first-order valence-electron chi connectivity index (χ1n) is 3.10. The van der Waals surface area contributed by atoms with Gasteiger partial charge in [-0.25, -0.2) is 0 Å². The number of likely N-dealkylation sites (N-methyl/N-ethyl adjacent to an activating group) is 1. The molecule has 1 aliphatic rings. The Labute approximate surface area is 59.3 Å². The molecule has 0 N–H and O–H groups in total. The molecule has 0 unspecified atom stereocenters. The van der Waals surface area contributed by atoms with E-state index < -0.39 is 5.91 Å². The van der Waals surface area contributed by atoms with Gasteiger partial charge in [0.1, 0.15) is 0 Å². The number of hydrogen-bond donors (Lipinski definition) is 0. The maximum atomic E-state index is 10.9. The van der Waals surface area contributed by atoms with Gasteiger partial charge in [0.2, 0.25) is 5.78 Å². The predicted octanol–water partition coefficient (Wildman–Crippen LogP) is 0.321. The molecule has 0 spiro atoms. The molecule has 0 atom stereocenters. The lowest BCUT2D eigenvalue weighted by Crippen LogP contribution is -2.34. The summed E-state index contributed by atoms with van der Waals surface area (Å²) in [6.07, 6.45) is 2.01. The number of hydrogen-bond acceptors (Lipinski definition) is 2. The lowest BCUT2D eigenvalue weighted by Gasteiger charge is -2.20. The molecule has 0 aromatic rings. The van der Waals surface area contributed by atoms with Crippen LogP contribution in [-0.2, 0) is 9.59 Å². The summed E-state index contributed by atoms with van der Waals surface area (Å²) >= 11 is 0. The molecule has 0 saturated heterocycles. The maximum absolute atomic E-state index is 10.9. The highest BCUT2D eigenvalue weighted by Crippen LogP contribution is 2.09. The fourth-order valence-corrected chi connectivity index (χ4v) is 0.812. The van der Waals surface area contributed by atoms with E-state index in [0.717, 1.165) is 5.70 Å². The molecule has 1 heterocycles. The van der Waals surface area contributed by atoms with Crippen molar-refractivity contribution in [3.63, 3.8) is 0 Å². The van der Waals surface area contributed by atoms with Crippen LogP contribution in [0.1, 0.15) is 13.3 Å². The smallest absolute Gasteiger partial charge is 0.294 e. The summed E-state index contributed by atoms with van der Waals surface area (Å²) in [7, 11) is 1.60. The molecule has 54 valence electrons. The number of carbonyl (C=O) groups is 2. The average molecular weight is 139 g/mol. The van der Waals surface area contributed by atoms with Crippen molar-refractivity contribution in [2.45, 2.75) is 13.3 Å². The molecule has 3 nitrogen and oxygen atoms in total. The number of nitrogens with zero attached hydrogens (tertiary/aromatic N) is 1. The molecule has 0 aromatic heterocycles. The van der Waals surface area contributed by atoms with Crippen LogP contribution in [0.15, 0.2) is 11.8 Å². The number of rotatable bonds is 0. The monoisotopic (exact) mass is 139 g/mol. The Hall–Kier alpha value is -1.12. The van der Waals surface area contributed by atoms with Crippen LogP contribution in [0.5, 0.6) is 0 Å². The third-order valence-corrected chi connectivity index (χ3v) is 1.66. The first kappa shape index (κ1) is 6.99. The van der Waals surface area contributed by atoms with Gasteiger partial charge in [0.25, 0.3) is 5.91 Å². The molecule has 0 radical (unpaired) electrons. The highest BCUT2D eigenvalue weighted by atomic mass is 16.2. The van der Waals surface area contributed by atoms with Gasteiger partial charge in [-0.15, -0.1) is 0 Å². The van der Waals surface area contributed by atoms with E-state index in [4.69, 9.17) is 0 Å². The van der Waals surface area contributed by atoms with E-state index >= 15 is 0 Å². The van der Waals surface area contributed by atoms with Gasteiger partial charge in [-0.2, -0.15) is 0 Å². The van der Waals surface area contributed by atoms with Gasteiger partial charge >= 0.3 is 0 Å². The summed E-state index contributed by atoms with van der Waals surface area (Å²) < 4.78 is 0. The van der Waals surface area contributed by atoms with Crippen molar-refractivity contribution in [3.05, 3.63) is 11.8 Å². The van der Waals surface area contributed by atoms with Crippen LogP contribution in [0, 0.1) is 0 Å². The topological polar surface area (TPSA) is 37.4 Å². The average Bonchev–Trinajstić information content (AvgIpc) is 1.93. The lowest BCUT2D eigenvalue weighted by molar-refractivity contribution is -0.142. The summed E-state index contributed by atoms with van der Waals surface area (Å²) in [4.78, 5) is 23.0. The van der Waals surface area contributed by atoms with Crippen molar-refractivity contribution in [2.24, 2.45) is 0 Å². The first-order valence-corrected chi connectivity index (χ1v) is 3.10. The van der Waals surface area contributed by atoms with E-state index in [2.05, 4.69) is 0 Å². The Bertz CT molecular complexity index is 218. The molecule has 0 bridgehead atoms. The van der Waals surface area contributed by atoms with Crippen molar-refractivity contribution in [2.75, 3.05) is 7.05 Å². The molecule has 0 fully saturated rings. The van der Waals surface area contributed by atoms with Crippen LogP contribution in [0.4, 0.5) is 0 Å². The minimum Gasteiger partial charge on any atom is -0.313 e. The maximum Gasteiger partial charge on any atom is 0.294 e. The standard InChI is InChI=1S/C7H9NO2/c1-5-3-4-6(9)7(10)8(5)2/h3H,4H2,1-2H3. The van der Waals surface area contributed by atoms with Gasteiger partial charge in [0.05, 0.1) is 0 Å². The SMILES string of the molecule is CC1=CCC(=O)C(=O)N1C. The Kier molecular flexibility index (Phi) is 1.57. The quantitative estimate of drug-likeness (QED) is 0.453. The van der Waals surface area contributed by atoms with E-state index in [1.165, 1.54) is 4.90 Å². The van der Waals surface area contributed by atoms with Crippen LogP contribution in [-0.4, -0.2) is 23.6 Å². The zero-order valence-corrected chi connectivity index (χ0v) is 6.05. The molecule has 1 rings (SSSR count). The van der Waals surface area contributed by atoms with Crippen molar-refractivity contribution in [3.8, 4) is 0 Å². The lowest BCUT2D eigenvalue weighted by atomic mass is 10.1. The van der Waals surface area contributed by atoms with E-state index in [1.807, 2.05) is 6.92 Å². The summed E-state index contributed by atoms with van der Waals surface area (Å²) in [6.45, 7) is 1.81. The van der Waals surface area contributed by atoms with Gasteiger partial charge in [-0.1, -0.05) is 6.08 Å². The fraction of sp³-hybridized carbons (Fsp3) is 0.429. The number of carbonyl (C=O) groups excluding carboxylic acids is 2. The summed E-state index contributed by atoms with van der Waals surface area (Å²) in [5.74, 6) is -0.729. The third kappa shape index (κ3) is 0.943. The summed E-state index contributed by atoms with van der Waals surface area (Å²) in [5, 5.41) is 0. The van der Waals surface area contributed by atoms with E-state index in [1.54, 1.807) is 13.1 Å². The van der Waals surface area contributed by atoms with Gasteiger partial charge in [0.15, 0.2) is 0 Å². The van der Waals surface area contributed by atoms with Gasteiger partial charge in [-0.05, 0) is 6.92 Å². The van der Waals surface area contributed by atoms with Gasteiger partial charge < -0.3 is 4.90 Å². The Morgan fingerprint density at radius 1 is 1.50 bits per heavy atom. The predicted molar refractivity (Wildman–Crippen MR) is 36.2 cm³/mol. The minimum absolute atomic E-state index is 0.259. The second-order valence-electron chi connectivity index (χ2n) is 2.34. The van der Waals surface area contributed by atoms with Crippen molar-refractivity contribution >= 4 is 11.7 Å². The number of Topliss-reactive ketones (excluding diaryl/α,β-unsaturated/α-hetero) is 1. The van der Waals surface area contributed by atoms with Crippen LogP contribution < -0.4 is 0 Å². The Balaban J connectivity index is 2.91. The third-order valence-electron chi connectivity index (χ3n) is 1.66. The zero-order valence-electron chi connectivity index (χ0n) is 6.05. The molecule has 0 aromatic carbocycles.